The number of amides is 2. The fourth-order valence-corrected chi connectivity index (χ4v) is 5.02. The summed E-state index contributed by atoms with van der Waals surface area (Å²) in [5.74, 6) is -0.871. The second-order valence-corrected chi connectivity index (χ2v) is 9.47. The molecule has 5 rings (SSSR count). The Morgan fingerprint density at radius 1 is 1.06 bits per heavy atom. The number of nitrogens with one attached hydrogen (secondary N) is 2. The fourth-order valence-electron chi connectivity index (χ4n) is 5.02. The van der Waals surface area contributed by atoms with Gasteiger partial charge < -0.3 is 15.5 Å². The highest BCUT2D eigenvalue weighted by molar-refractivity contribution is 5.96. The van der Waals surface area contributed by atoms with Crippen molar-refractivity contribution in [2.75, 3.05) is 13.1 Å². The van der Waals surface area contributed by atoms with Crippen LogP contribution in [0.3, 0.4) is 0 Å². The zero-order valence-corrected chi connectivity index (χ0v) is 20.6. The van der Waals surface area contributed by atoms with E-state index in [-0.39, 0.29) is 48.0 Å². The van der Waals surface area contributed by atoms with Gasteiger partial charge in [0.05, 0.1) is 5.92 Å². The number of hydrogen-bond acceptors (Lipinski definition) is 3. The second kappa shape index (κ2) is 10.8. The lowest BCUT2D eigenvalue weighted by atomic mass is 9.91. The Hall–Kier alpha value is -2.96. The number of halogens is 2. The summed E-state index contributed by atoms with van der Waals surface area (Å²) in [5.41, 5.74) is 2.18. The third-order valence-electron chi connectivity index (χ3n) is 7.04. The molecule has 1 saturated carbocycles. The summed E-state index contributed by atoms with van der Waals surface area (Å²) in [6, 6.07) is 18.7. The van der Waals surface area contributed by atoms with Gasteiger partial charge in [0.1, 0.15) is 5.82 Å². The Bertz CT molecular complexity index is 1220. The first-order valence-electron chi connectivity index (χ1n) is 12.1. The monoisotopic (exact) mass is 495 g/mol. The normalized spacial score (nSPS) is 19.6. The molecule has 1 heterocycles. The molecule has 3 aromatic rings. The molecule has 1 saturated heterocycles. The maximum Gasteiger partial charge on any atom is 0.251 e. The number of fused-ring (bicyclic) bond motifs is 1. The van der Waals surface area contributed by atoms with E-state index < -0.39 is 0 Å². The van der Waals surface area contributed by atoms with Crippen LogP contribution in [0.25, 0.3) is 10.8 Å². The van der Waals surface area contributed by atoms with Gasteiger partial charge in [-0.05, 0) is 72.8 Å². The number of rotatable bonds is 6. The first-order valence-corrected chi connectivity index (χ1v) is 12.1. The van der Waals surface area contributed by atoms with Gasteiger partial charge in [-0.3, -0.25) is 9.59 Å². The molecule has 2 N–H and O–H groups in total. The first-order chi connectivity index (χ1) is 16.5. The van der Waals surface area contributed by atoms with Crippen molar-refractivity contribution in [3.05, 3.63) is 83.2 Å². The molecule has 5 nitrogen and oxygen atoms in total. The van der Waals surface area contributed by atoms with E-state index in [1.807, 2.05) is 23.1 Å². The summed E-state index contributed by atoms with van der Waals surface area (Å²) >= 11 is 0. The molecular formula is C28H31ClFN3O2. The minimum absolute atomic E-state index is 0. The van der Waals surface area contributed by atoms with E-state index in [1.54, 1.807) is 6.92 Å². The Labute approximate surface area is 211 Å². The molecule has 0 spiro atoms. The van der Waals surface area contributed by atoms with Gasteiger partial charge in [0, 0.05) is 30.7 Å². The van der Waals surface area contributed by atoms with Crippen LogP contribution in [0.15, 0.2) is 60.7 Å². The second-order valence-electron chi connectivity index (χ2n) is 9.47. The van der Waals surface area contributed by atoms with E-state index in [0.29, 0.717) is 30.6 Å². The van der Waals surface area contributed by atoms with Gasteiger partial charge in [-0.25, -0.2) is 4.39 Å². The van der Waals surface area contributed by atoms with Crippen molar-refractivity contribution in [2.45, 2.75) is 44.8 Å². The topological polar surface area (TPSA) is 61.4 Å². The predicted octanol–water partition coefficient (Wildman–Crippen LogP) is 4.61. The lowest BCUT2D eigenvalue weighted by Gasteiger charge is -2.36. The minimum atomic E-state index is -0.363. The molecule has 2 amide bonds. The Kier molecular flexibility index (Phi) is 7.72. The van der Waals surface area contributed by atoms with Gasteiger partial charge in [-0.1, -0.05) is 42.5 Å². The summed E-state index contributed by atoms with van der Waals surface area (Å²) in [6.45, 7) is 3.57. The van der Waals surface area contributed by atoms with Gasteiger partial charge in [0.25, 0.3) is 5.91 Å². The van der Waals surface area contributed by atoms with E-state index in [4.69, 9.17) is 0 Å². The number of hydrogen-bond donors (Lipinski definition) is 2. The standard InChI is InChI=1S/C28H30FN3O2.ClH/c1-18-15-21(29)9-12-23(18)27(33)31-26-13-14-30-16-25(26)28(34)32(22-10-11-22)17-20-7-4-6-19-5-2-3-8-24(19)20;/h2-9,12,15,22,25-26,30H,10-11,13-14,16-17H2,1H3,(H,31,33);1H. The number of carbonyl (C=O) groups is 2. The molecule has 3 aromatic carbocycles. The van der Waals surface area contributed by atoms with Crippen molar-refractivity contribution in [3.63, 3.8) is 0 Å². The van der Waals surface area contributed by atoms with Crippen LogP contribution in [0, 0.1) is 18.7 Å². The van der Waals surface area contributed by atoms with E-state index in [1.165, 1.54) is 29.0 Å². The fraction of sp³-hybridized carbons (Fsp3) is 0.357. The maximum atomic E-state index is 13.8. The molecule has 184 valence electrons. The first kappa shape index (κ1) is 25.1. The smallest absolute Gasteiger partial charge is 0.251 e. The highest BCUT2D eigenvalue weighted by atomic mass is 35.5. The van der Waals surface area contributed by atoms with Crippen LogP contribution >= 0.6 is 12.4 Å². The molecule has 0 radical (unpaired) electrons. The highest BCUT2D eigenvalue weighted by Crippen LogP contribution is 2.32. The molecule has 35 heavy (non-hydrogen) atoms. The van der Waals surface area contributed by atoms with Crippen molar-refractivity contribution in [2.24, 2.45) is 5.92 Å². The van der Waals surface area contributed by atoms with Crippen molar-refractivity contribution < 1.29 is 14.0 Å². The van der Waals surface area contributed by atoms with Crippen LogP contribution < -0.4 is 10.6 Å². The van der Waals surface area contributed by atoms with Gasteiger partial charge in [-0.2, -0.15) is 0 Å². The summed E-state index contributed by atoms with van der Waals surface area (Å²) in [5, 5.41) is 8.76. The van der Waals surface area contributed by atoms with Gasteiger partial charge in [-0.15, -0.1) is 12.4 Å². The lowest BCUT2D eigenvalue weighted by molar-refractivity contribution is -0.138. The van der Waals surface area contributed by atoms with Crippen molar-refractivity contribution in [1.29, 1.82) is 0 Å². The number of aryl methyl sites for hydroxylation is 1. The van der Waals surface area contributed by atoms with E-state index >= 15 is 0 Å². The Morgan fingerprint density at radius 2 is 1.83 bits per heavy atom. The number of carbonyl (C=O) groups excluding carboxylic acids is 2. The molecule has 0 aromatic heterocycles. The highest BCUT2D eigenvalue weighted by Gasteiger charge is 2.40. The van der Waals surface area contributed by atoms with Crippen LogP contribution in [0.4, 0.5) is 4.39 Å². The third-order valence-corrected chi connectivity index (χ3v) is 7.04. The molecule has 1 aliphatic carbocycles. The summed E-state index contributed by atoms with van der Waals surface area (Å²) in [7, 11) is 0. The van der Waals surface area contributed by atoms with E-state index in [9.17, 15) is 14.0 Å². The average Bonchev–Trinajstić information content (AvgIpc) is 3.68. The van der Waals surface area contributed by atoms with Crippen LogP contribution in [-0.2, 0) is 11.3 Å². The Morgan fingerprint density at radius 3 is 2.60 bits per heavy atom. The summed E-state index contributed by atoms with van der Waals surface area (Å²) in [4.78, 5) is 28.8. The van der Waals surface area contributed by atoms with Gasteiger partial charge in [0.15, 0.2) is 0 Å². The average molecular weight is 496 g/mol. The molecule has 1 aliphatic heterocycles. The van der Waals surface area contributed by atoms with Crippen molar-refractivity contribution in [1.82, 2.24) is 15.5 Å². The molecular weight excluding hydrogens is 465 g/mol. The molecule has 2 unspecified atom stereocenters. The van der Waals surface area contributed by atoms with Gasteiger partial charge in [0.2, 0.25) is 5.91 Å². The van der Waals surface area contributed by atoms with Crippen LogP contribution in [0.5, 0.6) is 0 Å². The number of piperidine rings is 1. The largest absolute Gasteiger partial charge is 0.348 e. The summed E-state index contributed by atoms with van der Waals surface area (Å²) < 4.78 is 13.5. The van der Waals surface area contributed by atoms with E-state index in [0.717, 1.165) is 24.9 Å². The van der Waals surface area contributed by atoms with Crippen LogP contribution in [0.2, 0.25) is 0 Å². The number of benzene rings is 3. The Balaban J connectivity index is 0.00000289. The number of nitrogens with zero attached hydrogens (tertiary/aromatic N) is 1. The molecule has 0 bridgehead atoms. The summed E-state index contributed by atoms with van der Waals surface area (Å²) in [6.07, 6.45) is 2.71. The molecule has 2 aliphatic rings. The quantitative estimate of drug-likeness (QED) is 0.525. The van der Waals surface area contributed by atoms with Crippen LogP contribution in [0.1, 0.15) is 40.7 Å². The third kappa shape index (κ3) is 5.49. The van der Waals surface area contributed by atoms with Gasteiger partial charge >= 0.3 is 0 Å². The van der Waals surface area contributed by atoms with Crippen LogP contribution in [-0.4, -0.2) is 41.9 Å². The maximum absolute atomic E-state index is 13.8. The molecule has 2 fully saturated rings. The lowest BCUT2D eigenvalue weighted by Crippen LogP contribution is -2.55. The predicted molar refractivity (Wildman–Crippen MR) is 138 cm³/mol. The SMILES string of the molecule is Cc1cc(F)ccc1C(=O)NC1CCNCC1C(=O)N(Cc1cccc2ccccc12)C1CC1.Cl. The zero-order valence-electron chi connectivity index (χ0n) is 19.8. The van der Waals surface area contributed by atoms with Crippen molar-refractivity contribution >= 4 is 35.0 Å². The zero-order chi connectivity index (χ0) is 23.7. The molecule has 2 atom stereocenters. The minimum Gasteiger partial charge on any atom is -0.348 e. The van der Waals surface area contributed by atoms with Crippen molar-refractivity contribution in [3.8, 4) is 0 Å². The molecule has 7 heteroatoms. The van der Waals surface area contributed by atoms with E-state index in [2.05, 4.69) is 34.9 Å².